The highest BCUT2D eigenvalue weighted by Crippen LogP contribution is 2.29. The van der Waals surface area contributed by atoms with Crippen molar-refractivity contribution in [1.29, 1.82) is 0 Å². The monoisotopic (exact) mass is 395 g/mol. The van der Waals surface area contributed by atoms with Gasteiger partial charge in [0, 0.05) is 12.1 Å². The number of aliphatic hydroxyl groups excluding tert-OH is 1. The van der Waals surface area contributed by atoms with E-state index < -0.39 is 12.5 Å². The Labute approximate surface area is 160 Å². The standard InChI is InChI=1S/C20H20F3NO4/c21-20(22,23)28-17-9-3-14(4-10-17)18(25)11-24-19(26)15-5-7-16(8-6-15)27-12-13-1-2-13/h3-10,13,18,25H,1-2,11-12H2,(H,24,26). The third kappa shape index (κ3) is 6.16. The number of halogens is 3. The number of nitrogens with one attached hydrogen (secondary N) is 1. The van der Waals surface area contributed by atoms with Gasteiger partial charge in [-0.2, -0.15) is 0 Å². The van der Waals surface area contributed by atoms with E-state index in [9.17, 15) is 23.1 Å². The van der Waals surface area contributed by atoms with Gasteiger partial charge in [-0.25, -0.2) is 0 Å². The van der Waals surface area contributed by atoms with E-state index in [-0.39, 0.29) is 18.2 Å². The van der Waals surface area contributed by atoms with Gasteiger partial charge >= 0.3 is 6.36 Å². The molecule has 2 aromatic rings. The Balaban J connectivity index is 1.47. The van der Waals surface area contributed by atoms with Crippen molar-refractivity contribution in [1.82, 2.24) is 5.32 Å². The summed E-state index contributed by atoms with van der Waals surface area (Å²) < 4.78 is 45.8. The lowest BCUT2D eigenvalue weighted by Gasteiger charge is -2.14. The van der Waals surface area contributed by atoms with Crippen LogP contribution < -0.4 is 14.8 Å². The lowest BCUT2D eigenvalue weighted by atomic mass is 10.1. The second-order valence-electron chi connectivity index (χ2n) is 6.62. The van der Waals surface area contributed by atoms with E-state index in [2.05, 4.69) is 10.1 Å². The first-order chi connectivity index (χ1) is 13.3. The van der Waals surface area contributed by atoms with E-state index >= 15 is 0 Å². The molecule has 2 aromatic carbocycles. The molecule has 1 unspecified atom stereocenters. The van der Waals surface area contributed by atoms with Crippen LogP contribution in [0.4, 0.5) is 13.2 Å². The number of carbonyl (C=O) groups excluding carboxylic acids is 1. The van der Waals surface area contributed by atoms with Crippen LogP contribution in [0.15, 0.2) is 48.5 Å². The molecule has 0 radical (unpaired) electrons. The van der Waals surface area contributed by atoms with Crippen molar-refractivity contribution in [3.8, 4) is 11.5 Å². The average Bonchev–Trinajstić information content (AvgIpc) is 3.48. The second-order valence-corrected chi connectivity index (χ2v) is 6.62. The number of amides is 1. The molecule has 0 aromatic heterocycles. The minimum Gasteiger partial charge on any atom is -0.493 e. The highest BCUT2D eigenvalue weighted by molar-refractivity contribution is 5.94. The summed E-state index contributed by atoms with van der Waals surface area (Å²) in [5, 5.41) is 12.7. The van der Waals surface area contributed by atoms with E-state index in [4.69, 9.17) is 4.74 Å². The van der Waals surface area contributed by atoms with Crippen LogP contribution in [0.1, 0.15) is 34.9 Å². The third-order valence-corrected chi connectivity index (χ3v) is 4.25. The average molecular weight is 395 g/mol. The molecule has 1 amide bonds. The Morgan fingerprint density at radius 3 is 2.25 bits per heavy atom. The van der Waals surface area contributed by atoms with Gasteiger partial charge in [-0.15, -0.1) is 13.2 Å². The number of carbonyl (C=O) groups is 1. The van der Waals surface area contributed by atoms with Crippen molar-refractivity contribution < 1.29 is 32.5 Å². The predicted molar refractivity (Wildman–Crippen MR) is 95.1 cm³/mol. The molecule has 0 aliphatic heterocycles. The summed E-state index contributed by atoms with van der Waals surface area (Å²) in [5.74, 6) is 0.588. The number of ether oxygens (including phenoxy) is 2. The first kappa shape index (κ1) is 20.0. The van der Waals surface area contributed by atoms with Gasteiger partial charge in [0.1, 0.15) is 11.5 Å². The number of alkyl halides is 3. The molecule has 3 rings (SSSR count). The second kappa shape index (κ2) is 8.52. The van der Waals surface area contributed by atoms with Crippen LogP contribution in [0.2, 0.25) is 0 Å². The van der Waals surface area contributed by atoms with Gasteiger partial charge in [-0.1, -0.05) is 12.1 Å². The molecule has 0 saturated heterocycles. The molecule has 0 spiro atoms. The fourth-order valence-electron chi connectivity index (χ4n) is 2.50. The van der Waals surface area contributed by atoms with Gasteiger partial charge in [-0.3, -0.25) is 4.79 Å². The summed E-state index contributed by atoms with van der Waals surface area (Å²) in [5.41, 5.74) is 0.776. The number of hydrogen-bond donors (Lipinski definition) is 2. The number of hydrogen-bond acceptors (Lipinski definition) is 4. The molecule has 1 aliphatic carbocycles. The van der Waals surface area contributed by atoms with E-state index in [1.54, 1.807) is 24.3 Å². The first-order valence-corrected chi connectivity index (χ1v) is 8.85. The molecule has 0 bridgehead atoms. The van der Waals surface area contributed by atoms with Crippen LogP contribution in [-0.2, 0) is 0 Å². The summed E-state index contributed by atoms with van der Waals surface area (Å²) in [6.07, 6.45) is -3.45. The van der Waals surface area contributed by atoms with Gasteiger partial charge in [0.15, 0.2) is 0 Å². The fraction of sp³-hybridized carbons (Fsp3) is 0.350. The summed E-state index contributed by atoms with van der Waals surface area (Å²) in [6, 6.07) is 11.5. The highest BCUT2D eigenvalue weighted by Gasteiger charge is 2.31. The SMILES string of the molecule is O=C(NCC(O)c1ccc(OC(F)(F)F)cc1)c1ccc(OCC2CC2)cc1. The van der Waals surface area contributed by atoms with Crippen LogP contribution in [-0.4, -0.2) is 30.5 Å². The minimum atomic E-state index is -4.77. The summed E-state index contributed by atoms with van der Waals surface area (Å²) >= 11 is 0. The predicted octanol–water partition coefficient (Wildman–Crippen LogP) is 3.84. The molecule has 5 nitrogen and oxygen atoms in total. The van der Waals surface area contributed by atoms with Crippen molar-refractivity contribution in [3.63, 3.8) is 0 Å². The summed E-state index contributed by atoms with van der Waals surface area (Å²) in [4.78, 5) is 12.2. The van der Waals surface area contributed by atoms with Gasteiger partial charge in [0.2, 0.25) is 0 Å². The zero-order valence-electron chi connectivity index (χ0n) is 14.9. The zero-order valence-corrected chi connectivity index (χ0v) is 14.9. The molecule has 1 atom stereocenters. The van der Waals surface area contributed by atoms with Crippen molar-refractivity contribution in [2.45, 2.75) is 25.3 Å². The van der Waals surface area contributed by atoms with Crippen LogP contribution in [0.5, 0.6) is 11.5 Å². The van der Waals surface area contributed by atoms with Gasteiger partial charge in [-0.05, 0) is 60.7 Å². The summed E-state index contributed by atoms with van der Waals surface area (Å²) in [6.45, 7) is 0.600. The Morgan fingerprint density at radius 1 is 1.07 bits per heavy atom. The van der Waals surface area contributed by atoms with Crippen molar-refractivity contribution in [3.05, 3.63) is 59.7 Å². The maximum Gasteiger partial charge on any atom is 0.573 e. The van der Waals surface area contributed by atoms with Gasteiger partial charge in [0.05, 0.1) is 12.7 Å². The molecule has 1 saturated carbocycles. The molecule has 1 fully saturated rings. The van der Waals surface area contributed by atoms with Crippen molar-refractivity contribution >= 4 is 5.91 Å². The van der Waals surface area contributed by atoms with Crippen LogP contribution in [0, 0.1) is 5.92 Å². The Bertz CT molecular complexity index is 787. The Kier molecular flexibility index (Phi) is 6.08. The fourth-order valence-corrected chi connectivity index (χ4v) is 2.50. The lowest BCUT2D eigenvalue weighted by molar-refractivity contribution is -0.274. The molecule has 150 valence electrons. The number of rotatable bonds is 8. The van der Waals surface area contributed by atoms with E-state index in [0.717, 1.165) is 12.1 Å². The lowest BCUT2D eigenvalue weighted by Crippen LogP contribution is -2.28. The van der Waals surface area contributed by atoms with Crippen LogP contribution in [0.3, 0.4) is 0 Å². The van der Waals surface area contributed by atoms with E-state index in [0.29, 0.717) is 29.4 Å². The van der Waals surface area contributed by atoms with Crippen LogP contribution in [0.25, 0.3) is 0 Å². The summed E-state index contributed by atoms with van der Waals surface area (Å²) in [7, 11) is 0. The first-order valence-electron chi connectivity index (χ1n) is 8.85. The third-order valence-electron chi connectivity index (χ3n) is 4.25. The quantitative estimate of drug-likeness (QED) is 0.713. The van der Waals surface area contributed by atoms with Crippen molar-refractivity contribution in [2.24, 2.45) is 5.92 Å². The molecular formula is C20H20F3NO4. The van der Waals surface area contributed by atoms with Gasteiger partial charge < -0.3 is 19.9 Å². The van der Waals surface area contributed by atoms with Gasteiger partial charge in [0.25, 0.3) is 5.91 Å². The van der Waals surface area contributed by atoms with Crippen LogP contribution >= 0.6 is 0 Å². The Hall–Kier alpha value is -2.74. The van der Waals surface area contributed by atoms with E-state index in [1.807, 2.05) is 0 Å². The molecule has 0 heterocycles. The minimum absolute atomic E-state index is 0.0851. The molecule has 8 heteroatoms. The molecule has 1 aliphatic rings. The molecule has 2 N–H and O–H groups in total. The zero-order chi connectivity index (χ0) is 20.1. The number of aliphatic hydroxyl groups is 1. The highest BCUT2D eigenvalue weighted by atomic mass is 19.4. The molecular weight excluding hydrogens is 375 g/mol. The normalized spacial score (nSPS) is 15.0. The Morgan fingerprint density at radius 2 is 1.68 bits per heavy atom. The number of benzene rings is 2. The van der Waals surface area contributed by atoms with Crippen molar-refractivity contribution in [2.75, 3.05) is 13.2 Å². The maximum absolute atomic E-state index is 12.2. The largest absolute Gasteiger partial charge is 0.573 e. The molecule has 28 heavy (non-hydrogen) atoms. The maximum atomic E-state index is 12.2. The topological polar surface area (TPSA) is 67.8 Å². The van der Waals surface area contributed by atoms with E-state index in [1.165, 1.54) is 25.0 Å². The smallest absolute Gasteiger partial charge is 0.493 e.